The van der Waals surface area contributed by atoms with E-state index in [2.05, 4.69) is 15.9 Å². The predicted molar refractivity (Wildman–Crippen MR) is 107 cm³/mol. The number of rotatable bonds is 5. The molecule has 0 aliphatic carbocycles. The van der Waals surface area contributed by atoms with Gasteiger partial charge in [-0.05, 0) is 24.3 Å². The third-order valence-corrected chi connectivity index (χ3v) is 4.43. The molecular weight excluding hydrogens is 464 g/mol. The van der Waals surface area contributed by atoms with Crippen LogP contribution < -0.4 is 4.74 Å². The highest BCUT2D eigenvalue weighted by Gasteiger charge is 2.28. The molecule has 0 atom stereocenters. The van der Waals surface area contributed by atoms with Gasteiger partial charge in [0.05, 0.1) is 21.5 Å². The van der Waals surface area contributed by atoms with E-state index in [-0.39, 0.29) is 16.9 Å². The predicted octanol–water partition coefficient (Wildman–Crippen LogP) is 4.17. The number of carbonyl (C=O) groups is 2. The third kappa shape index (κ3) is 4.41. The number of benzene rings is 2. The molecule has 2 aromatic carbocycles. The summed E-state index contributed by atoms with van der Waals surface area (Å²) >= 11 is 3.30. The lowest BCUT2D eigenvalue weighted by Crippen LogP contribution is -2.07. The quantitative estimate of drug-likeness (QED) is 0.206. The molecule has 0 unspecified atom stereocenters. The van der Waals surface area contributed by atoms with E-state index >= 15 is 0 Å². The van der Waals surface area contributed by atoms with Crippen molar-refractivity contribution in [2.24, 2.45) is 0 Å². The zero-order chi connectivity index (χ0) is 22.0. The maximum atomic E-state index is 12.3. The van der Waals surface area contributed by atoms with Crippen molar-refractivity contribution in [1.82, 2.24) is 0 Å². The number of nitro benzene ring substituents is 2. The van der Waals surface area contributed by atoms with Crippen molar-refractivity contribution in [3.8, 4) is 5.75 Å². The van der Waals surface area contributed by atoms with Crippen LogP contribution in [0, 0.1) is 20.2 Å². The largest absolute Gasteiger partial charge is 0.422 e. The first-order valence-corrected chi connectivity index (χ1v) is 9.02. The average molecular weight is 475 g/mol. The standard InChI is InChI=1S/C19H11BrN2O8/c1-10(23)29-18-12(7-15(21(25)26)9-16(18)22(27)28)6-13-8-17(30-19(13)24)11-2-4-14(20)5-3-11/h2-9H,1H3/b13-6+. The Morgan fingerprint density at radius 2 is 1.80 bits per heavy atom. The maximum absolute atomic E-state index is 12.3. The fourth-order valence-corrected chi connectivity index (χ4v) is 2.90. The molecule has 2 aromatic rings. The van der Waals surface area contributed by atoms with Gasteiger partial charge in [0.25, 0.3) is 5.69 Å². The first-order valence-electron chi connectivity index (χ1n) is 8.22. The van der Waals surface area contributed by atoms with E-state index in [0.717, 1.165) is 23.5 Å². The Morgan fingerprint density at radius 1 is 1.13 bits per heavy atom. The topological polar surface area (TPSA) is 139 Å². The molecule has 0 saturated heterocycles. The molecule has 0 aromatic heterocycles. The third-order valence-electron chi connectivity index (χ3n) is 3.90. The number of nitro groups is 2. The summed E-state index contributed by atoms with van der Waals surface area (Å²) in [7, 11) is 0. The molecule has 1 heterocycles. The van der Waals surface area contributed by atoms with Crippen LogP contribution in [0.5, 0.6) is 5.75 Å². The molecule has 0 amide bonds. The van der Waals surface area contributed by atoms with E-state index < -0.39 is 38.9 Å². The maximum Gasteiger partial charge on any atom is 0.343 e. The summed E-state index contributed by atoms with van der Waals surface area (Å²) in [5.41, 5.74) is -1.01. The highest BCUT2D eigenvalue weighted by atomic mass is 79.9. The van der Waals surface area contributed by atoms with Gasteiger partial charge in [0, 0.05) is 28.6 Å². The van der Waals surface area contributed by atoms with Crippen molar-refractivity contribution in [1.29, 1.82) is 0 Å². The summed E-state index contributed by atoms with van der Waals surface area (Å²) in [4.78, 5) is 44.5. The number of halogens is 1. The van der Waals surface area contributed by atoms with E-state index in [1.165, 1.54) is 6.08 Å². The number of cyclic esters (lactones) is 1. The van der Waals surface area contributed by atoms with Crippen molar-refractivity contribution in [2.45, 2.75) is 6.92 Å². The smallest absolute Gasteiger partial charge is 0.343 e. The SMILES string of the molecule is CC(=O)Oc1c(/C=C2\C=C(c3ccc(Br)cc3)OC2=O)cc([N+](=O)[O-])cc1[N+](=O)[O-]. The normalized spacial score (nSPS) is 14.3. The molecule has 3 rings (SSSR count). The molecular formula is C19H11BrN2O8. The highest BCUT2D eigenvalue weighted by molar-refractivity contribution is 9.10. The number of nitrogens with zero attached hydrogens (tertiary/aromatic N) is 2. The number of esters is 2. The van der Waals surface area contributed by atoms with Crippen molar-refractivity contribution in [2.75, 3.05) is 0 Å². The Kier molecular flexibility index (Phi) is 5.74. The number of carbonyl (C=O) groups excluding carboxylic acids is 2. The fraction of sp³-hybridized carbons (Fsp3) is 0.0526. The van der Waals surface area contributed by atoms with Gasteiger partial charge in [0.15, 0.2) is 0 Å². The van der Waals surface area contributed by atoms with Crippen LogP contribution in [0.3, 0.4) is 0 Å². The molecule has 30 heavy (non-hydrogen) atoms. The molecule has 1 aliphatic heterocycles. The summed E-state index contributed by atoms with van der Waals surface area (Å²) in [6.07, 6.45) is 2.51. The van der Waals surface area contributed by atoms with Crippen LogP contribution in [0.15, 0.2) is 52.5 Å². The minimum Gasteiger partial charge on any atom is -0.422 e. The van der Waals surface area contributed by atoms with Gasteiger partial charge in [0.2, 0.25) is 5.75 Å². The second kappa shape index (κ2) is 8.25. The summed E-state index contributed by atoms with van der Waals surface area (Å²) in [5, 5.41) is 22.5. The Labute approximate surface area is 176 Å². The van der Waals surface area contributed by atoms with Crippen molar-refractivity contribution in [3.05, 3.63) is 83.9 Å². The van der Waals surface area contributed by atoms with E-state index in [1.54, 1.807) is 24.3 Å². The van der Waals surface area contributed by atoms with Crippen LogP contribution in [0.2, 0.25) is 0 Å². The minimum atomic E-state index is -0.913. The van der Waals surface area contributed by atoms with Crippen molar-refractivity contribution >= 4 is 51.1 Å². The van der Waals surface area contributed by atoms with E-state index in [9.17, 15) is 29.8 Å². The molecule has 11 heteroatoms. The summed E-state index contributed by atoms with van der Waals surface area (Å²) in [5.74, 6) is -1.92. The van der Waals surface area contributed by atoms with Gasteiger partial charge >= 0.3 is 17.6 Å². The number of ether oxygens (including phenoxy) is 2. The van der Waals surface area contributed by atoms with Crippen LogP contribution in [0.25, 0.3) is 11.8 Å². The van der Waals surface area contributed by atoms with Crippen molar-refractivity contribution < 1.29 is 28.9 Å². The van der Waals surface area contributed by atoms with Crippen molar-refractivity contribution in [3.63, 3.8) is 0 Å². The molecule has 0 N–H and O–H groups in total. The zero-order valence-electron chi connectivity index (χ0n) is 15.2. The summed E-state index contributed by atoms with van der Waals surface area (Å²) in [6, 6.07) is 8.54. The molecule has 1 aliphatic rings. The van der Waals surface area contributed by atoms with Crippen LogP contribution in [0.4, 0.5) is 11.4 Å². The lowest BCUT2D eigenvalue weighted by Gasteiger charge is -2.07. The van der Waals surface area contributed by atoms with E-state index in [4.69, 9.17) is 9.47 Å². The van der Waals surface area contributed by atoms with Gasteiger partial charge in [-0.1, -0.05) is 28.1 Å². The molecule has 0 saturated carbocycles. The van der Waals surface area contributed by atoms with Gasteiger partial charge in [-0.2, -0.15) is 0 Å². The van der Waals surface area contributed by atoms with Crippen LogP contribution >= 0.6 is 15.9 Å². The van der Waals surface area contributed by atoms with Gasteiger partial charge < -0.3 is 9.47 Å². The first kappa shape index (κ1) is 20.9. The Balaban J connectivity index is 2.15. The molecule has 0 spiro atoms. The molecule has 0 radical (unpaired) electrons. The Hall–Kier alpha value is -3.86. The fourth-order valence-electron chi connectivity index (χ4n) is 2.64. The minimum absolute atomic E-state index is 0.0314. The lowest BCUT2D eigenvalue weighted by molar-refractivity contribution is -0.394. The Bertz CT molecular complexity index is 1150. The number of hydrogen-bond donors (Lipinski definition) is 0. The second-order valence-electron chi connectivity index (χ2n) is 6.00. The van der Waals surface area contributed by atoms with E-state index in [0.29, 0.717) is 11.6 Å². The van der Waals surface area contributed by atoms with Crippen LogP contribution in [-0.2, 0) is 14.3 Å². The molecule has 10 nitrogen and oxygen atoms in total. The number of hydrogen-bond acceptors (Lipinski definition) is 8. The average Bonchev–Trinajstić information content (AvgIpc) is 3.03. The van der Waals surface area contributed by atoms with Crippen LogP contribution in [0.1, 0.15) is 18.1 Å². The van der Waals surface area contributed by atoms with Crippen LogP contribution in [-0.4, -0.2) is 21.8 Å². The molecule has 0 fully saturated rings. The monoisotopic (exact) mass is 474 g/mol. The number of non-ortho nitro benzene ring substituents is 1. The van der Waals surface area contributed by atoms with Gasteiger partial charge in [0.1, 0.15) is 5.76 Å². The summed E-state index contributed by atoms with van der Waals surface area (Å²) in [6.45, 7) is 1.03. The van der Waals surface area contributed by atoms with Gasteiger partial charge in [-0.25, -0.2) is 4.79 Å². The van der Waals surface area contributed by atoms with E-state index in [1.807, 2.05) is 0 Å². The molecule has 152 valence electrons. The lowest BCUT2D eigenvalue weighted by atomic mass is 10.1. The highest BCUT2D eigenvalue weighted by Crippen LogP contribution is 2.38. The van der Waals surface area contributed by atoms with Gasteiger partial charge in [-0.3, -0.25) is 25.0 Å². The first-order chi connectivity index (χ1) is 14.2. The second-order valence-corrected chi connectivity index (χ2v) is 6.91. The molecule has 0 bridgehead atoms. The van der Waals surface area contributed by atoms with Gasteiger partial charge in [-0.15, -0.1) is 0 Å². The summed E-state index contributed by atoms with van der Waals surface area (Å²) < 4.78 is 10.9. The Morgan fingerprint density at radius 3 is 2.37 bits per heavy atom. The zero-order valence-corrected chi connectivity index (χ0v) is 16.7.